The number of hydrogen-bond donors (Lipinski definition) is 1. The minimum atomic E-state index is 0.117. The zero-order valence-electron chi connectivity index (χ0n) is 12.4. The first kappa shape index (κ1) is 13.3. The predicted molar refractivity (Wildman–Crippen MR) is 77.6 cm³/mol. The standard InChI is InChI=1S/C17H27NO2/c19-16(10-12-8-14-2-3-15(9-12)18-14)13-4-7-20-17(11-13)5-1-6-17/h12-15,18H,1-11H2. The summed E-state index contributed by atoms with van der Waals surface area (Å²) >= 11 is 0. The number of ketones is 1. The van der Waals surface area contributed by atoms with Gasteiger partial charge in [0.25, 0.3) is 0 Å². The normalized spacial score (nSPS) is 42.4. The van der Waals surface area contributed by atoms with E-state index in [2.05, 4.69) is 5.32 Å². The Morgan fingerprint density at radius 2 is 1.90 bits per heavy atom. The smallest absolute Gasteiger partial charge is 0.136 e. The molecule has 3 saturated heterocycles. The monoisotopic (exact) mass is 277 g/mol. The molecule has 0 aromatic heterocycles. The number of carbonyl (C=O) groups excluding carboxylic acids is 1. The van der Waals surface area contributed by atoms with Gasteiger partial charge < -0.3 is 10.1 Å². The Hall–Kier alpha value is -0.410. The van der Waals surface area contributed by atoms with Gasteiger partial charge in [-0.2, -0.15) is 0 Å². The third kappa shape index (κ3) is 2.43. The first-order valence-corrected chi connectivity index (χ1v) is 8.65. The molecule has 1 saturated carbocycles. The maximum absolute atomic E-state index is 12.7. The van der Waals surface area contributed by atoms with Crippen LogP contribution < -0.4 is 5.32 Å². The van der Waals surface area contributed by atoms with Crippen molar-refractivity contribution in [3.05, 3.63) is 0 Å². The summed E-state index contributed by atoms with van der Waals surface area (Å²) < 4.78 is 5.95. The van der Waals surface area contributed by atoms with E-state index in [4.69, 9.17) is 4.74 Å². The summed E-state index contributed by atoms with van der Waals surface area (Å²) in [6.45, 7) is 0.813. The summed E-state index contributed by atoms with van der Waals surface area (Å²) in [7, 11) is 0. The number of rotatable bonds is 3. The Morgan fingerprint density at radius 1 is 1.15 bits per heavy atom. The Kier molecular flexibility index (Phi) is 3.38. The highest BCUT2D eigenvalue weighted by atomic mass is 16.5. The fourth-order valence-corrected chi connectivity index (χ4v) is 5.02. The molecule has 3 nitrogen and oxygen atoms in total. The molecule has 1 aliphatic carbocycles. The first-order valence-electron chi connectivity index (χ1n) is 8.65. The second kappa shape index (κ2) is 5.10. The quantitative estimate of drug-likeness (QED) is 0.862. The SMILES string of the molecule is O=C(CC1CC2CCC(C1)N2)C1CCOC2(CCC2)C1. The highest BCUT2D eigenvalue weighted by molar-refractivity contribution is 5.81. The summed E-state index contributed by atoms with van der Waals surface area (Å²) in [6, 6.07) is 1.42. The van der Waals surface area contributed by atoms with Crippen molar-refractivity contribution in [2.45, 2.75) is 81.9 Å². The number of ether oxygens (including phenoxy) is 1. The van der Waals surface area contributed by atoms with Gasteiger partial charge in [-0.05, 0) is 63.7 Å². The van der Waals surface area contributed by atoms with Crippen molar-refractivity contribution >= 4 is 5.78 Å². The van der Waals surface area contributed by atoms with Gasteiger partial charge in [0.05, 0.1) is 5.60 Å². The zero-order valence-corrected chi connectivity index (χ0v) is 12.4. The van der Waals surface area contributed by atoms with E-state index in [0.717, 1.165) is 25.9 Å². The highest BCUT2D eigenvalue weighted by Crippen LogP contribution is 2.45. The minimum Gasteiger partial charge on any atom is -0.375 e. The molecule has 2 bridgehead atoms. The number of carbonyl (C=O) groups is 1. The van der Waals surface area contributed by atoms with Crippen molar-refractivity contribution in [3.8, 4) is 0 Å². The summed E-state index contributed by atoms with van der Waals surface area (Å²) in [5, 5.41) is 3.67. The molecule has 3 aliphatic heterocycles. The van der Waals surface area contributed by atoms with Gasteiger partial charge in [-0.1, -0.05) is 0 Å². The number of fused-ring (bicyclic) bond motifs is 2. The lowest BCUT2D eigenvalue weighted by Crippen LogP contribution is -2.47. The third-order valence-corrected chi connectivity index (χ3v) is 6.27. The van der Waals surface area contributed by atoms with Gasteiger partial charge in [0.2, 0.25) is 0 Å². The van der Waals surface area contributed by atoms with Crippen molar-refractivity contribution < 1.29 is 9.53 Å². The molecular formula is C17H27NO2. The molecule has 4 aliphatic rings. The number of piperidine rings is 1. The zero-order chi connectivity index (χ0) is 13.6. The van der Waals surface area contributed by atoms with E-state index in [1.165, 1.54) is 44.9 Å². The fraction of sp³-hybridized carbons (Fsp3) is 0.941. The van der Waals surface area contributed by atoms with Gasteiger partial charge in [-0.3, -0.25) is 4.79 Å². The van der Waals surface area contributed by atoms with Gasteiger partial charge in [0, 0.05) is 31.0 Å². The summed E-state index contributed by atoms with van der Waals surface area (Å²) in [5.74, 6) is 1.50. The van der Waals surface area contributed by atoms with Crippen molar-refractivity contribution in [2.75, 3.05) is 6.61 Å². The molecule has 1 N–H and O–H groups in total. The van der Waals surface area contributed by atoms with Gasteiger partial charge in [0.1, 0.15) is 5.78 Å². The van der Waals surface area contributed by atoms with Crippen LogP contribution in [0.3, 0.4) is 0 Å². The van der Waals surface area contributed by atoms with Gasteiger partial charge >= 0.3 is 0 Å². The van der Waals surface area contributed by atoms with Crippen LogP contribution in [0.25, 0.3) is 0 Å². The number of Topliss-reactive ketones (excluding diaryl/α,β-unsaturated/α-hetero) is 1. The molecule has 1 spiro atoms. The Balaban J connectivity index is 1.33. The minimum absolute atomic E-state index is 0.117. The lowest BCUT2D eigenvalue weighted by Gasteiger charge is -2.47. The topological polar surface area (TPSA) is 38.3 Å². The van der Waals surface area contributed by atoms with E-state index in [0.29, 0.717) is 29.7 Å². The third-order valence-electron chi connectivity index (χ3n) is 6.27. The maximum atomic E-state index is 12.7. The molecule has 3 heteroatoms. The average Bonchev–Trinajstić information content (AvgIpc) is 2.76. The molecule has 0 aromatic carbocycles. The van der Waals surface area contributed by atoms with Crippen molar-refractivity contribution in [2.24, 2.45) is 11.8 Å². The lowest BCUT2D eigenvalue weighted by atomic mass is 9.70. The largest absolute Gasteiger partial charge is 0.375 e. The molecule has 0 amide bonds. The second-order valence-electron chi connectivity index (χ2n) is 7.72. The van der Waals surface area contributed by atoms with Gasteiger partial charge in [0.15, 0.2) is 0 Å². The van der Waals surface area contributed by atoms with E-state index in [1.807, 2.05) is 0 Å². The molecule has 0 aromatic rings. The van der Waals surface area contributed by atoms with Crippen molar-refractivity contribution in [1.82, 2.24) is 5.32 Å². The van der Waals surface area contributed by atoms with Crippen LogP contribution >= 0.6 is 0 Å². The van der Waals surface area contributed by atoms with E-state index in [1.54, 1.807) is 0 Å². The summed E-state index contributed by atoms with van der Waals surface area (Å²) in [4.78, 5) is 12.7. The molecule has 0 radical (unpaired) electrons. The Labute approximate surface area is 121 Å². The average molecular weight is 277 g/mol. The van der Waals surface area contributed by atoms with E-state index in [-0.39, 0.29) is 5.60 Å². The number of hydrogen-bond acceptors (Lipinski definition) is 3. The van der Waals surface area contributed by atoms with Crippen LogP contribution in [-0.2, 0) is 9.53 Å². The van der Waals surface area contributed by atoms with Crippen LogP contribution in [0.1, 0.15) is 64.2 Å². The molecule has 3 heterocycles. The predicted octanol–water partition coefficient (Wildman–Crippen LogP) is 2.83. The highest BCUT2D eigenvalue weighted by Gasteiger charge is 2.44. The van der Waals surface area contributed by atoms with Crippen LogP contribution in [0.2, 0.25) is 0 Å². The first-order chi connectivity index (χ1) is 9.72. The van der Waals surface area contributed by atoms with Crippen molar-refractivity contribution in [3.63, 3.8) is 0 Å². The maximum Gasteiger partial charge on any atom is 0.136 e. The lowest BCUT2D eigenvalue weighted by molar-refractivity contribution is -0.156. The van der Waals surface area contributed by atoms with Crippen LogP contribution in [0, 0.1) is 11.8 Å². The molecule has 4 fully saturated rings. The molecule has 3 atom stereocenters. The second-order valence-corrected chi connectivity index (χ2v) is 7.72. The Bertz CT molecular complexity index is 378. The van der Waals surface area contributed by atoms with Gasteiger partial charge in [-0.15, -0.1) is 0 Å². The van der Waals surface area contributed by atoms with E-state index < -0.39 is 0 Å². The van der Waals surface area contributed by atoms with Crippen LogP contribution in [0.4, 0.5) is 0 Å². The van der Waals surface area contributed by atoms with Crippen molar-refractivity contribution in [1.29, 1.82) is 0 Å². The van der Waals surface area contributed by atoms with Gasteiger partial charge in [-0.25, -0.2) is 0 Å². The summed E-state index contributed by atoms with van der Waals surface area (Å²) in [5.41, 5.74) is 0.117. The fourth-order valence-electron chi connectivity index (χ4n) is 5.02. The molecule has 20 heavy (non-hydrogen) atoms. The van der Waals surface area contributed by atoms with Crippen LogP contribution in [0.15, 0.2) is 0 Å². The van der Waals surface area contributed by atoms with Crippen LogP contribution in [0.5, 0.6) is 0 Å². The molecule has 3 unspecified atom stereocenters. The number of nitrogens with one attached hydrogen (secondary N) is 1. The molecule has 112 valence electrons. The molecule has 4 rings (SSSR count). The van der Waals surface area contributed by atoms with Crippen LogP contribution in [-0.4, -0.2) is 30.1 Å². The molecular weight excluding hydrogens is 250 g/mol. The van der Waals surface area contributed by atoms with E-state index in [9.17, 15) is 4.79 Å². The summed E-state index contributed by atoms with van der Waals surface area (Å²) in [6.07, 6.45) is 11.6. The van der Waals surface area contributed by atoms with E-state index >= 15 is 0 Å². The Morgan fingerprint density at radius 3 is 2.55 bits per heavy atom.